The van der Waals surface area contributed by atoms with E-state index in [4.69, 9.17) is 4.74 Å². The Kier molecular flexibility index (Phi) is 9.55. The summed E-state index contributed by atoms with van der Waals surface area (Å²) in [6.45, 7) is -1.28. The van der Waals surface area contributed by atoms with Crippen LogP contribution in [0.1, 0.15) is 5.56 Å². The maximum atomic E-state index is 13.5. The fourth-order valence-electron chi connectivity index (χ4n) is 4.09. The molecule has 1 atom stereocenters. The van der Waals surface area contributed by atoms with Crippen molar-refractivity contribution in [1.82, 2.24) is 19.4 Å². The summed E-state index contributed by atoms with van der Waals surface area (Å²) in [6.07, 6.45) is -0.793. The van der Waals surface area contributed by atoms with Crippen LogP contribution in [0.15, 0.2) is 77.0 Å². The van der Waals surface area contributed by atoms with Gasteiger partial charge in [-0.1, -0.05) is 60.7 Å². The summed E-state index contributed by atoms with van der Waals surface area (Å²) in [6, 6.07) is 19.7. The fourth-order valence-corrected chi connectivity index (χ4v) is 8.44. The molecule has 2 amide bonds. The zero-order valence-electron chi connectivity index (χ0n) is 21.2. The van der Waals surface area contributed by atoms with Crippen LogP contribution in [0.4, 0.5) is 4.79 Å². The molecule has 0 saturated carbocycles. The molecule has 1 aliphatic heterocycles. The summed E-state index contributed by atoms with van der Waals surface area (Å²) >= 11 is 1.02. The van der Waals surface area contributed by atoms with Gasteiger partial charge < -0.3 is 10.1 Å². The van der Waals surface area contributed by atoms with Gasteiger partial charge in [0.05, 0.1) is 5.75 Å². The summed E-state index contributed by atoms with van der Waals surface area (Å²) in [4.78, 5) is 25.1. The number of ether oxygens (including phenoxy) is 1. The normalized spacial score (nSPS) is 16.8. The number of piperazine rings is 1. The minimum atomic E-state index is -4.19. The second-order valence-electron chi connectivity index (χ2n) is 8.75. The predicted octanol–water partition coefficient (Wildman–Crippen LogP) is 1.85. The third-order valence-electron chi connectivity index (χ3n) is 6.14. The highest BCUT2D eigenvalue weighted by Crippen LogP contribution is 2.33. The van der Waals surface area contributed by atoms with Gasteiger partial charge in [0, 0.05) is 31.1 Å². The molecule has 1 saturated heterocycles. The lowest BCUT2D eigenvalue weighted by atomic mass is 10.2. The molecule has 1 aromatic heterocycles. The first kappa shape index (κ1) is 29.6. The quantitative estimate of drug-likeness (QED) is 0.232. The van der Waals surface area contributed by atoms with Crippen LogP contribution in [-0.2, 0) is 36.2 Å². The monoisotopic (exact) mass is 608 g/mol. The first-order valence-electron chi connectivity index (χ1n) is 12.2. The van der Waals surface area contributed by atoms with Crippen molar-refractivity contribution < 1.29 is 36.4 Å². The topological polar surface area (TPSA) is 162 Å². The Balaban J connectivity index is 1.39. The van der Waals surface area contributed by atoms with Crippen molar-refractivity contribution in [3.63, 3.8) is 0 Å². The number of benzene rings is 2. The SMILES string of the molecule is O=C(NCCS(=O)(=O)N1CCN(S(=O)(=O)c2ccc(-c3ccccc3)s2)C(C(=O)NO)C1)OCc1ccccc1. The average molecular weight is 609 g/mol. The molecular formula is C25H28N4O8S3. The molecule has 1 fully saturated rings. The maximum absolute atomic E-state index is 13.5. The van der Waals surface area contributed by atoms with E-state index in [2.05, 4.69) is 5.32 Å². The lowest BCUT2D eigenvalue weighted by Gasteiger charge is -2.38. The molecule has 0 spiro atoms. The van der Waals surface area contributed by atoms with Crippen molar-refractivity contribution in [3.8, 4) is 10.4 Å². The molecule has 12 nitrogen and oxygen atoms in total. The summed E-state index contributed by atoms with van der Waals surface area (Å²) in [7, 11) is -8.20. The third-order valence-corrected chi connectivity index (χ3v) is 11.5. The molecule has 2 aromatic carbocycles. The molecule has 4 rings (SSSR count). The molecule has 3 aromatic rings. The van der Waals surface area contributed by atoms with Crippen LogP contribution in [-0.4, -0.2) is 80.6 Å². The summed E-state index contributed by atoms with van der Waals surface area (Å²) in [5, 5.41) is 11.6. The minimum Gasteiger partial charge on any atom is -0.445 e. The molecule has 0 radical (unpaired) electrons. The number of hydrogen-bond donors (Lipinski definition) is 3. The fraction of sp³-hybridized carbons (Fsp3) is 0.280. The van der Waals surface area contributed by atoms with Crippen LogP contribution in [0.5, 0.6) is 0 Å². The van der Waals surface area contributed by atoms with E-state index >= 15 is 0 Å². The average Bonchev–Trinajstić information content (AvgIpc) is 3.48. The van der Waals surface area contributed by atoms with E-state index in [-0.39, 0.29) is 30.5 Å². The highest BCUT2D eigenvalue weighted by atomic mass is 32.2. The number of hydrogen-bond acceptors (Lipinski definition) is 9. The first-order valence-corrected chi connectivity index (χ1v) is 16.0. The number of amides is 2. The van der Waals surface area contributed by atoms with Gasteiger partial charge >= 0.3 is 6.09 Å². The molecule has 0 bridgehead atoms. The van der Waals surface area contributed by atoms with E-state index in [0.29, 0.717) is 4.88 Å². The van der Waals surface area contributed by atoms with Crippen molar-refractivity contribution in [2.45, 2.75) is 16.9 Å². The van der Waals surface area contributed by atoms with Crippen molar-refractivity contribution in [2.24, 2.45) is 0 Å². The van der Waals surface area contributed by atoms with Crippen LogP contribution in [0.2, 0.25) is 0 Å². The first-order chi connectivity index (χ1) is 19.1. The number of nitrogens with one attached hydrogen (secondary N) is 2. The highest BCUT2D eigenvalue weighted by molar-refractivity contribution is 7.91. The highest BCUT2D eigenvalue weighted by Gasteiger charge is 2.43. The standard InChI is InChI=1S/C25H28N4O8S3/c30-24(27-32)21-17-28(39(33,34)16-13-26-25(31)37-18-19-7-3-1-4-8-19)14-15-29(21)40(35,36)23-12-11-22(38-23)20-9-5-2-6-10-20/h1-12,21,32H,13-18H2,(H,26,31)(H,27,30). The molecule has 2 heterocycles. The second kappa shape index (κ2) is 12.9. The van der Waals surface area contributed by atoms with Crippen molar-refractivity contribution in [3.05, 3.63) is 78.4 Å². The van der Waals surface area contributed by atoms with Gasteiger partial charge in [0.1, 0.15) is 16.9 Å². The lowest BCUT2D eigenvalue weighted by Crippen LogP contribution is -2.61. The Bertz CT molecular complexity index is 1530. The summed E-state index contributed by atoms with van der Waals surface area (Å²) < 4.78 is 59.8. The summed E-state index contributed by atoms with van der Waals surface area (Å²) in [5.74, 6) is -1.56. The van der Waals surface area contributed by atoms with Crippen molar-refractivity contribution in [2.75, 3.05) is 31.9 Å². The van der Waals surface area contributed by atoms with Crippen LogP contribution in [0.25, 0.3) is 10.4 Å². The molecule has 1 aliphatic rings. The van der Waals surface area contributed by atoms with E-state index in [1.807, 2.05) is 36.4 Å². The van der Waals surface area contributed by atoms with Crippen molar-refractivity contribution in [1.29, 1.82) is 0 Å². The third kappa shape index (κ3) is 7.04. The van der Waals surface area contributed by atoms with Gasteiger partial charge in [-0.05, 0) is 23.3 Å². The number of carbonyl (C=O) groups excluding carboxylic acids is 2. The van der Waals surface area contributed by atoms with Gasteiger partial charge in [-0.15, -0.1) is 11.3 Å². The van der Waals surface area contributed by atoms with Crippen LogP contribution in [0.3, 0.4) is 0 Å². The molecular weight excluding hydrogens is 580 g/mol. The molecule has 15 heteroatoms. The molecule has 3 N–H and O–H groups in total. The minimum absolute atomic E-state index is 0.0170. The van der Waals surface area contributed by atoms with E-state index in [1.165, 1.54) is 11.5 Å². The second-order valence-corrected chi connectivity index (χ2v) is 14.0. The van der Waals surface area contributed by atoms with Crippen LogP contribution in [0, 0.1) is 0 Å². The Labute approximate surface area is 236 Å². The van der Waals surface area contributed by atoms with Gasteiger partial charge in [-0.2, -0.15) is 8.61 Å². The maximum Gasteiger partial charge on any atom is 0.407 e. The van der Waals surface area contributed by atoms with Gasteiger partial charge in [0.15, 0.2) is 0 Å². The van der Waals surface area contributed by atoms with E-state index in [1.54, 1.807) is 30.3 Å². The molecule has 0 aliphatic carbocycles. The largest absolute Gasteiger partial charge is 0.445 e. The molecule has 40 heavy (non-hydrogen) atoms. The molecule has 214 valence electrons. The van der Waals surface area contributed by atoms with E-state index < -0.39 is 50.4 Å². The number of rotatable bonds is 10. The Hall–Kier alpha value is -3.34. The predicted molar refractivity (Wildman–Crippen MR) is 147 cm³/mol. The number of thiophene rings is 1. The smallest absolute Gasteiger partial charge is 0.407 e. The lowest BCUT2D eigenvalue weighted by molar-refractivity contribution is -0.134. The Morgan fingerprint density at radius 2 is 1.62 bits per heavy atom. The Morgan fingerprint density at radius 3 is 2.30 bits per heavy atom. The van der Waals surface area contributed by atoms with Crippen molar-refractivity contribution >= 4 is 43.4 Å². The number of sulfonamides is 2. The number of hydroxylamine groups is 1. The zero-order chi connectivity index (χ0) is 28.8. The van der Waals surface area contributed by atoms with E-state index in [0.717, 1.165) is 31.1 Å². The van der Waals surface area contributed by atoms with Gasteiger partial charge in [0.25, 0.3) is 15.9 Å². The van der Waals surface area contributed by atoms with Gasteiger partial charge in [0.2, 0.25) is 10.0 Å². The van der Waals surface area contributed by atoms with Crippen LogP contribution < -0.4 is 10.8 Å². The Morgan fingerprint density at radius 1 is 0.950 bits per heavy atom. The van der Waals surface area contributed by atoms with E-state index in [9.17, 15) is 31.6 Å². The summed E-state index contributed by atoms with van der Waals surface area (Å²) in [5.41, 5.74) is 3.03. The van der Waals surface area contributed by atoms with Gasteiger partial charge in [-0.3, -0.25) is 10.0 Å². The van der Waals surface area contributed by atoms with Gasteiger partial charge in [-0.25, -0.2) is 27.1 Å². The number of alkyl carbamates (subject to hydrolysis) is 1. The molecule has 1 unspecified atom stereocenters. The number of carbonyl (C=O) groups is 2. The number of nitrogens with zero attached hydrogens (tertiary/aromatic N) is 2. The van der Waals surface area contributed by atoms with Crippen LogP contribution >= 0.6 is 11.3 Å². The zero-order valence-corrected chi connectivity index (χ0v) is 23.6.